The van der Waals surface area contributed by atoms with Crippen LogP contribution in [0.25, 0.3) is 0 Å². The van der Waals surface area contributed by atoms with Crippen molar-refractivity contribution < 1.29 is 47.7 Å². The van der Waals surface area contributed by atoms with E-state index in [0.717, 1.165) is 96.7 Å². The minimum absolute atomic E-state index is 0.145. The molecule has 11 nitrogen and oxygen atoms in total. The van der Waals surface area contributed by atoms with E-state index in [1.165, 1.54) is 116 Å². The number of unbranched alkanes of at least 4 members (excludes halogenated alkanes) is 22. The first-order chi connectivity index (χ1) is 34.5. The molecular formula is C60H107NO10. The van der Waals surface area contributed by atoms with Crippen LogP contribution in [0.4, 0.5) is 0 Å². The summed E-state index contributed by atoms with van der Waals surface area (Å²) >= 11 is 0. The maximum absolute atomic E-state index is 13.2. The molecule has 4 fully saturated rings. The second kappa shape index (κ2) is 38.0. The SMILES string of the molecule is CCCCCCCCCCCCCC(=O)OCCCCC(=O)OCC12CCC3(COC(=O)CCCN(CC)CC)CC(C1)CC(COC(=O)CCCCOC(=O)CCCCCCCCCCCCC)(C2)C3. The van der Waals surface area contributed by atoms with Crippen molar-refractivity contribution in [1.29, 1.82) is 0 Å². The lowest BCUT2D eigenvalue weighted by Gasteiger charge is -2.54. The van der Waals surface area contributed by atoms with Crippen molar-refractivity contribution in [2.45, 2.75) is 278 Å². The molecular weight excluding hydrogens is 895 g/mol. The molecule has 71 heavy (non-hydrogen) atoms. The Morgan fingerprint density at radius 1 is 0.366 bits per heavy atom. The van der Waals surface area contributed by atoms with Gasteiger partial charge in [-0.15, -0.1) is 0 Å². The third-order valence-corrected chi connectivity index (χ3v) is 16.3. The topological polar surface area (TPSA) is 135 Å². The fourth-order valence-corrected chi connectivity index (χ4v) is 12.5. The predicted octanol–water partition coefficient (Wildman–Crippen LogP) is 14.9. The Morgan fingerprint density at radius 2 is 0.662 bits per heavy atom. The summed E-state index contributed by atoms with van der Waals surface area (Å²) in [6, 6.07) is 0. The Labute approximate surface area is 433 Å². The fraction of sp³-hybridized carbons (Fsp3) is 0.917. The van der Waals surface area contributed by atoms with Crippen LogP contribution >= 0.6 is 0 Å². The van der Waals surface area contributed by atoms with Crippen molar-refractivity contribution in [2.24, 2.45) is 22.2 Å². The number of carbonyl (C=O) groups excluding carboxylic acids is 5. The minimum atomic E-state index is -0.282. The smallest absolute Gasteiger partial charge is 0.305 e. The van der Waals surface area contributed by atoms with Crippen LogP contribution in [-0.4, -0.2) is 87.4 Å². The number of carbonyl (C=O) groups is 5. The molecule has 0 aliphatic heterocycles. The average molecular weight is 1000 g/mol. The second-order valence-electron chi connectivity index (χ2n) is 22.9. The van der Waals surface area contributed by atoms with Gasteiger partial charge in [-0.25, -0.2) is 0 Å². The molecule has 0 aromatic rings. The Bertz CT molecular complexity index is 1450. The summed E-state index contributed by atoms with van der Waals surface area (Å²) in [5.41, 5.74) is -0.706. The van der Waals surface area contributed by atoms with Gasteiger partial charge in [-0.05, 0) is 115 Å². The molecule has 0 aromatic heterocycles. The van der Waals surface area contributed by atoms with E-state index in [2.05, 4.69) is 32.6 Å². The minimum Gasteiger partial charge on any atom is -0.466 e. The van der Waals surface area contributed by atoms with Crippen molar-refractivity contribution in [3.05, 3.63) is 0 Å². The number of hydrogen-bond acceptors (Lipinski definition) is 11. The third-order valence-electron chi connectivity index (χ3n) is 16.3. The van der Waals surface area contributed by atoms with Gasteiger partial charge in [0.2, 0.25) is 0 Å². The maximum Gasteiger partial charge on any atom is 0.305 e. The van der Waals surface area contributed by atoms with Crippen molar-refractivity contribution in [1.82, 2.24) is 4.90 Å². The standard InChI is InChI=1S/C60H107NO10/c1-5-9-11-13-15-17-19-21-23-25-27-34-53(62)67-42-31-29-36-55(64)69-49-58-39-40-59(50-70-57(66)38-33-41-61(7-3)8-4)45-52(44-58)46-60(47-58,48-59)51-71-56(65)37-30-32-43-68-54(63)35-28-26-24-22-20-18-16-14-12-10-6-2/h52H,5-51H2,1-4H3. The first-order valence-corrected chi connectivity index (χ1v) is 30.0. The lowest BCUT2D eigenvalue weighted by Crippen LogP contribution is -2.50. The summed E-state index contributed by atoms with van der Waals surface area (Å²) in [4.78, 5) is 66.5. The second-order valence-corrected chi connectivity index (χ2v) is 22.9. The maximum atomic E-state index is 13.2. The van der Waals surface area contributed by atoms with E-state index in [4.69, 9.17) is 23.7 Å². The fourth-order valence-electron chi connectivity index (χ4n) is 12.5. The van der Waals surface area contributed by atoms with E-state index in [0.29, 0.717) is 83.9 Å². The van der Waals surface area contributed by atoms with Gasteiger partial charge < -0.3 is 28.6 Å². The van der Waals surface area contributed by atoms with E-state index in [1.807, 2.05) is 0 Å². The third kappa shape index (κ3) is 28.0. The van der Waals surface area contributed by atoms with Gasteiger partial charge in [0.05, 0.1) is 33.0 Å². The van der Waals surface area contributed by atoms with Gasteiger partial charge >= 0.3 is 29.8 Å². The number of hydrogen-bond donors (Lipinski definition) is 0. The first-order valence-electron chi connectivity index (χ1n) is 30.0. The molecule has 0 aromatic carbocycles. The van der Waals surface area contributed by atoms with Crippen LogP contribution in [0.2, 0.25) is 0 Å². The Balaban J connectivity index is 1.40. The molecule has 412 valence electrons. The largest absolute Gasteiger partial charge is 0.466 e. The summed E-state index contributed by atoms with van der Waals surface area (Å²) in [5.74, 6) is -0.541. The van der Waals surface area contributed by atoms with Crippen molar-refractivity contribution in [3.8, 4) is 0 Å². The number of nitrogens with zero attached hydrogens (tertiary/aromatic N) is 1. The highest BCUT2D eigenvalue weighted by Crippen LogP contribution is 2.66. The quantitative estimate of drug-likeness (QED) is 0.0328. The van der Waals surface area contributed by atoms with Crippen LogP contribution < -0.4 is 0 Å². The normalized spacial score (nSPS) is 21.3. The van der Waals surface area contributed by atoms with E-state index in [1.54, 1.807) is 0 Å². The Morgan fingerprint density at radius 3 is 1.03 bits per heavy atom. The lowest BCUT2D eigenvalue weighted by molar-refractivity contribution is -0.163. The summed E-state index contributed by atoms with van der Waals surface area (Å²) in [6.45, 7) is 13.3. The molecule has 4 rings (SSSR count). The predicted molar refractivity (Wildman–Crippen MR) is 285 cm³/mol. The van der Waals surface area contributed by atoms with Crippen molar-refractivity contribution >= 4 is 29.8 Å². The highest BCUT2D eigenvalue weighted by molar-refractivity contribution is 5.71. The first kappa shape index (κ1) is 62.6. The molecule has 0 saturated heterocycles. The summed E-state index contributed by atoms with van der Waals surface area (Å²) in [5, 5.41) is 0. The summed E-state index contributed by atoms with van der Waals surface area (Å²) in [7, 11) is 0. The molecule has 0 heterocycles. The molecule has 0 spiro atoms. The molecule has 4 aliphatic carbocycles. The molecule has 0 radical (unpaired) electrons. The van der Waals surface area contributed by atoms with Crippen molar-refractivity contribution in [2.75, 3.05) is 52.7 Å². The average Bonchev–Trinajstić information content (AvgIpc) is 3.53. The van der Waals surface area contributed by atoms with Gasteiger partial charge in [-0.1, -0.05) is 156 Å². The summed E-state index contributed by atoms with van der Waals surface area (Å²) in [6.07, 6.45) is 38.7. The van der Waals surface area contributed by atoms with Gasteiger partial charge in [0.15, 0.2) is 0 Å². The van der Waals surface area contributed by atoms with Gasteiger partial charge in [0.1, 0.15) is 0 Å². The molecule has 4 saturated carbocycles. The monoisotopic (exact) mass is 1000 g/mol. The van der Waals surface area contributed by atoms with Crippen LogP contribution in [0.1, 0.15) is 278 Å². The molecule has 0 N–H and O–H groups in total. The highest BCUT2D eigenvalue weighted by Gasteiger charge is 2.60. The lowest BCUT2D eigenvalue weighted by atomic mass is 9.51. The van der Waals surface area contributed by atoms with Gasteiger partial charge in [0, 0.05) is 48.3 Å². The van der Waals surface area contributed by atoms with Gasteiger partial charge in [-0.2, -0.15) is 0 Å². The zero-order valence-corrected chi connectivity index (χ0v) is 46.3. The molecule has 4 aliphatic rings. The van der Waals surface area contributed by atoms with Crippen LogP contribution in [0.3, 0.4) is 0 Å². The van der Waals surface area contributed by atoms with Crippen LogP contribution in [-0.2, 0) is 47.7 Å². The molecule has 4 unspecified atom stereocenters. The number of ether oxygens (including phenoxy) is 5. The number of esters is 5. The molecule has 11 heteroatoms. The Kier molecular flexibility index (Phi) is 33.5. The summed E-state index contributed by atoms with van der Waals surface area (Å²) < 4.78 is 29.3. The van der Waals surface area contributed by atoms with Crippen molar-refractivity contribution in [3.63, 3.8) is 0 Å². The zero-order valence-electron chi connectivity index (χ0n) is 46.3. The van der Waals surface area contributed by atoms with Crippen LogP contribution in [0, 0.1) is 22.2 Å². The van der Waals surface area contributed by atoms with Crippen LogP contribution in [0.15, 0.2) is 0 Å². The van der Waals surface area contributed by atoms with Gasteiger partial charge in [-0.3, -0.25) is 24.0 Å². The molecule has 4 bridgehead atoms. The van der Waals surface area contributed by atoms with E-state index < -0.39 is 0 Å². The molecule has 4 atom stereocenters. The van der Waals surface area contributed by atoms with E-state index in [-0.39, 0.29) is 58.9 Å². The number of rotatable bonds is 46. The van der Waals surface area contributed by atoms with E-state index >= 15 is 0 Å². The van der Waals surface area contributed by atoms with E-state index in [9.17, 15) is 24.0 Å². The highest BCUT2D eigenvalue weighted by atomic mass is 16.5. The van der Waals surface area contributed by atoms with Crippen LogP contribution in [0.5, 0.6) is 0 Å². The zero-order chi connectivity index (χ0) is 51.3. The number of fused-ring (bicyclic) bond motifs is 1. The Hall–Kier alpha value is -2.69. The van der Waals surface area contributed by atoms with Gasteiger partial charge in [0.25, 0.3) is 0 Å². The molecule has 0 amide bonds.